The molecule has 0 bridgehead atoms. The minimum absolute atomic E-state index is 0.0230. The maximum absolute atomic E-state index is 12.7. The monoisotopic (exact) mass is 373 g/mol. The van der Waals surface area contributed by atoms with Crippen LogP contribution < -0.4 is 10.1 Å². The van der Waals surface area contributed by atoms with Gasteiger partial charge in [0.1, 0.15) is 18.1 Å². The van der Waals surface area contributed by atoms with Gasteiger partial charge in [-0.25, -0.2) is 4.68 Å². The van der Waals surface area contributed by atoms with Crippen LogP contribution in [0.2, 0.25) is 0 Å². The van der Waals surface area contributed by atoms with E-state index in [1.807, 2.05) is 30.3 Å². The first kappa shape index (κ1) is 18.4. The second-order valence-electron chi connectivity index (χ2n) is 5.70. The first-order chi connectivity index (χ1) is 13.1. The van der Waals surface area contributed by atoms with Crippen molar-refractivity contribution in [2.45, 2.75) is 25.6 Å². The van der Waals surface area contributed by atoms with Crippen molar-refractivity contribution >= 4 is 5.91 Å². The molecule has 1 heterocycles. The third-order valence-corrected chi connectivity index (χ3v) is 3.90. The molecule has 0 aliphatic carbocycles. The molecule has 0 unspecified atom stereocenters. The average Bonchev–Trinajstić information content (AvgIpc) is 3.20. The number of hydrogen-bond acceptors (Lipinski definition) is 5. The quantitative estimate of drug-likeness (QED) is 0.656. The Bertz CT molecular complexity index is 859. The Morgan fingerprint density at radius 2 is 1.85 bits per heavy atom. The molecule has 1 N–H and O–H groups in total. The van der Waals surface area contributed by atoms with Crippen LogP contribution >= 0.6 is 0 Å². The van der Waals surface area contributed by atoms with Crippen molar-refractivity contribution in [3.05, 3.63) is 72.1 Å². The summed E-state index contributed by atoms with van der Waals surface area (Å²) in [7, 11) is 0. The normalized spacial score (nSPS) is 12.0. The largest absolute Gasteiger partial charge is 0.434 e. The van der Waals surface area contributed by atoms with Crippen LogP contribution in [-0.4, -0.2) is 32.7 Å². The average molecular weight is 373 g/mol. The molecule has 0 spiro atoms. The lowest BCUT2D eigenvalue weighted by Gasteiger charge is -2.17. The number of nitrogens with one attached hydrogen (secondary N) is 1. The van der Waals surface area contributed by atoms with Crippen molar-refractivity contribution in [1.29, 1.82) is 0 Å². The number of nitrogens with zero attached hydrogens (tertiary/aromatic N) is 4. The maximum Gasteiger partial charge on any atom is 0.387 e. The van der Waals surface area contributed by atoms with Crippen molar-refractivity contribution in [2.75, 3.05) is 0 Å². The number of para-hydroxylation sites is 1. The molecule has 2 aromatic carbocycles. The number of tetrazole rings is 1. The molecule has 1 amide bonds. The fourth-order valence-electron chi connectivity index (χ4n) is 2.62. The predicted molar refractivity (Wildman–Crippen MR) is 91.9 cm³/mol. The minimum Gasteiger partial charge on any atom is -0.434 e. The zero-order valence-corrected chi connectivity index (χ0v) is 14.2. The summed E-state index contributed by atoms with van der Waals surface area (Å²) in [5.74, 6) is -0.312. The van der Waals surface area contributed by atoms with E-state index in [0.717, 1.165) is 5.56 Å². The summed E-state index contributed by atoms with van der Waals surface area (Å²) in [6.07, 6.45) is 1.74. The van der Waals surface area contributed by atoms with Gasteiger partial charge in [-0.05, 0) is 22.1 Å². The first-order valence-corrected chi connectivity index (χ1v) is 8.20. The van der Waals surface area contributed by atoms with E-state index < -0.39 is 12.7 Å². The Kier molecular flexibility index (Phi) is 6.03. The minimum atomic E-state index is -2.94. The molecular formula is C18H17F2N5O2. The third kappa shape index (κ3) is 5.06. The van der Waals surface area contributed by atoms with Gasteiger partial charge in [0.05, 0.1) is 0 Å². The number of amides is 1. The fraction of sp³-hybridized carbons (Fsp3) is 0.222. The van der Waals surface area contributed by atoms with Crippen molar-refractivity contribution in [1.82, 2.24) is 25.5 Å². The van der Waals surface area contributed by atoms with Crippen molar-refractivity contribution in [3.63, 3.8) is 0 Å². The molecule has 9 heteroatoms. The van der Waals surface area contributed by atoms with Gasteiger partial charge in [-0.2, -0.15) is 8.78 Å². The van der Waals surface area contributed by atoms with Gasteiger partial charge in [-0.1, -0.05) is 48.5 Å². The van der Waals surface area contributed by atoms with Crippen LogP contribution in [0.5, 0.6) is 5.75 Å². The maximum atomic E-state index is 12.7. The van der Waals surface area contributed by atoms with E-state index >= 15 is 0 Å². The highest BCUT2D eigenvalue weighted by Crippen LogP contribution is 2.20. The van der Waals surface area contributed by atoms with E-state index in [1.54, 1.807) is 18.2 Å². The predicted octanol–water partition coefficient (Wildman–Crippen LogP) is 2.37. The van der Waals surface area contributed by atoms with Gasteiger partial charge in [0, 0.05) is 18.5 Å². The molecule has 7 nitrogen and oxygen atoms in total. The Morgan fingerprint density at radius 1 is 1.11 bits per heavy atom. The third-order valence-electron chi connectivity index (χ3n) is 3.90. The van der Waals surface area contributed by atoms with Gasteiger partial charge in [0.2, 0.25) is 5.91 Å². The summed E-state index contributed by atoms with van der Waals surface area (Å²) >= 11 is 0. The van der Waals surface area contributed by atoms with Crippen molar-refractivity contribution in [3.8, 4) is 5.75 Å². The highest BCUT2D eigenvalue weighted by atomic mass is 19.3. The summed E-state index contributed by atoms with van der Waals surface area (Å²) in [5.41, 5.74) is 1.39. The molecule has 3 rings (SSSR count). The number of halogens is 2. The van der Waals surface area contributed by atoms with Crippen LogP contribution in [-0.2, 0) is 17.8 Å². The Balaban J connectivity index is 1.72. The second-order valence-corrected chi connectivity index (χ2v) is 5.70. The zero-order valence-electron chi connectivity index (χ0n) is 14.2. The number of alkyl halides is 2. The fourth-order valence-corrected chi connectivity index (χ4v) is 2.62. The van der Waals surface area contributed by atoms with Gasteiger partial charge >= 0.3 is 6.61 Å². The molecule has 140 valence electrons. The van der Waals surface area contributed by atoms with Crippen LogP contribution in [0.15, 0.2) is 60.9 Å². The lowest BCUT2D eigenvalue weighted by molar-refractivity contribution is -0.124. The molecule has 0 saturated heterocycles. The van der Waals surface area contributed by atoms with Crippen LogP contribution in [0.25, 0.3) is 0 Å². The lowest BCUT2D eigenvalue weighted by Crippen LogP contribution is -2.34. The van der Waals surface area contributed by atoms with Crippen LogP contribution in [0.1, 0.15) is 17.2 Å². The smallest absolute Gasteiger partial charge is 0.387 e. The molecule has 27 heavy (non-hydrogen) atoms. The molecular weight excluding hydrogens is 356 g/mol. The number of rotatable bonds is 8. The topological polar surface area (TPSA) is 81.9 Å². The number of hydrogen-bond donors (Lipinski definition) is 1. The van der Waals surface area contributed by atoms with E-state index in [2.05, 4.69) is 25.6 Å². The number of carbonyl (C=O) groups excluding carboxylic acids is 1. The van der Waals surface area contributed by atoms with Crippen LogP contribution in [0.4, 0.5) is 8.78 Å². The number of carbonyl (C=O) groups is 1. The van der Waals surface area contributed by atoms with Crippen LogP contribution in [0, 0.1) is 0 Å². The number of benzene rings is 2. The lowest BCUT2D eigenvalue weighted by atomic mass is 10.1. The van der Waals surface area contributed by atoms with Gasteiger partial charge in [0.15, 0.2) is 0 Å². The molecule has 0 saturated carbocycles. The van der Waals surface area contributed by atoms with Gasteiger partial charge in [0.25, 0.3) is 0 Å². The van der Waals surface area contributed by atoms with Gasteiger partial charge < -0.3 is 10.1 Å². The summed E-state index contributed by atoms with van der Waals surface area (Å²) in [6.45, 7) is -2.90. The molecule has 0 aliphatic rings. The summed E-state index contributed by atoms with van der Waals surface area (Å²) in [5, 5.41) is 13.7. The van der Waals surface area contributed by atoms with Gasteiger partial charge in [-0.15, -0.1) is 5.10 Å². The molecule has 3 aromatic rings. The highest BCUT2D eigenvalue weighted by molar-refractivity contribution is 5.80. The molecule has 1 atom stereocenters. The summed E-state index contributed by atoms with van der Waals surface area (Å²) in [6, 6.07) is 15.1. The Morgan fingerprint density at radius 3 is 2.56 bits per heavy atom. The van der Waals surface area contributed by atoms with Crippen molar-refractivity contribution < 1.29 is 18.3 Å². The van der Waals surface area contributed by atoms with Gasteiger partial charge in [-0.3, -0.25) is 4.79 Å². The molecule has 0 aliphatic heterocycles. The highest BCUT2D eigenvalue weighted by Gasteiger charge is 2.22. The molecule has 0 radical (unpaired) electrons. The second kappa shape index (κ2) is 8.84. The number of ether oxygens (including phenoxy) is 1. The Labute approximate surface area is 154 Å². The van der Waals surface area contributed by atoms with E-state index in [-0.39, 0.29) is 18.2 Å². The first-order valence-electron chi connectivity index (χ1n) is 8.20. The van der Waals surface area contributed by atoms with Crippen LogP contribution in [0.3, 0.4) is 0 Å². The molecule has 0 fully saturated rings. The number of aromatic nitrogens is 4. The van der Waals surface area contributed by atoms with E-state index in [0.29, 0.717) is 12.0 Å². The van der Waals surface area contributed by atoms with E-state index in [9.17, 15) is 13.6 Å². The van der Waals surface area contributed by atoms with E-state index in [1.165, 1.54) is 17.1 Å². The van der Waals surface area contributed by atoms with E-state index in [4.69, 9.17) is 0 Å². The summed E-state index contributed by atoms with van der Waals surface area (Å²) in [4.78, 5) is 12.7. The van der Waals surface area contributed by atoms with Crippen molar-refractivity contribution in [2.24, 2.45) is 0 Å². The molecule has 1 aromatic heterocycles. The SMILES string of the molecule is O=C(NCc1ccccc1OC(F)F)[C@H](Cc1ccccc1)n1cnnn1. The summed E-state index contributed by atoms with van der Waals surface area (Å²) < 4.78 is 30.9. The standard InChI is InChI=1S/C18H17F2N5O2/c19-18(20)27-16-9-5-4-8-14(16)11-21-17(26)15(25-12-22-23-24-25)10-13-6-2-1-3-7-13/h1-9,12,15,18H,10-11H2,(H,21,26)/t15-/m0/s1. The Hall–Kier alpha value is -3.36. The zero-order chi connectivity index (χ0) is 19.1.